The fourth-order valence-corrected chi connectivity index (χ4v) is 3.50. The molecule has 0 aliphatic rings. The minimum absolute atomic E-state index is 0.0984. The Morgan fingerprint density at radius 3 is 2.07 bits per heavy atom. The number of carbonyl (C=O) groups excluding carboxylic acids is 4. The van der Waals surface area contributed by atoms with E-state index in [0.29, 0.717) is 31.4 Å². The lowest BCUT2D eigenvalue weighted by Gasteiger charge is -2.15. The van der Waals surface area contributed by atoms with Crippen LogP contribution >= 0.6 is 22.4 Å². The summed E-state index contributed by atoms with van der Waals surface area (Å²) in [7, 11) is 1.79. The number of methoxy groups -OCH3 is 1. The zero-order valence-electron chi connectivity index (χ0n) is 26.0. The molecular formula is C31H42BN2O10PS. The number of amides is 2. The van der Waals surface area contributed by atoms with Gasteiger partial charge in [0, 0.05) is 28.9 Å². The predicted molar refractivity (Wildman–Crippen MR) is 182 cm³/mol. The molecule has 12 nitrogen and oxygen atoms in total. The Labute approximate surface area is 277 Å². The molecule has 2 unspecified atom stereocenters. The zero-order chi connectivity index (χ0) is 34.7. The van der Waals surface area contributed by atoms with Gasteiger partial charge in [0.25, 0.3) is 6.47 Å². The number of phenolic OH excluding ortho intramolecular Hbond substituents is 1. The second kappa shape index (κ2) is 26.3. The minimum Gasteiger partial charge on any atom is -0.508 e. The highest BCUT2D eigenvalue weighted by Gasteiger charge is 2.12. The van der Waals surface area contributed by atoms with Gasteiger partial charge in [0.05, 0.1) is 13.7 Å². The largest absolute Gasteiger partial charge is 0.508 e. The molecule has 3 aromatic rings. The van der Waals surface area contributed by atoms with Gasteiger partial charge in [-0.25, -0.2) is 0 Å². The van der Waals surface area contributed by atoms with Crippen LogP contribution in [0.25, 0.3) is 0 Å². The summed E-state index contributed by atoms with van der Waals surface area (Å²) in [6, 6.07) is 22.9. The third-order valence-electron chi connectivity index (χ3n) is 5.67. The lowest BCUT2D eigenvalue weighted by molar-refractivity contribution is -0.138. The van der Waals surface area contributed by atoms with Crippen molar-refractivity contribution >= 4 is 59.2 Å². The standard InChI is InChI=1S/C20H25BN2O5.C8H8O2.C3H6O2.H3OPS/c1-14(11-16-5-8-17(9-6-16)21(27)28)23-20(26)13-22-19(25)10-7-15-3-2-4-18(24)12-15;9-7-10-6-8-4-2-1-3-5-8;1-3(4)5-2;2-1-3/h2-6,8-9,12,14,24,27-28H,7,10-11,13H2,1H3,(H,22,25)(H,23,26);1-5,7H,6H2;1-2H3;3H,2H2. The maximum Gasteiger partial charge on any atom is 0.488 e. The van der Waals surface area contributed by atoms with Crippen LogP contribution in [0.4, 0.5) is 0 Å². The summed E-state index contributed by atoms with van der Waals surface area (Å²) >= 11 is 3.25. The minimum atomic E-state index is -1.50. The molecule has 2 amide bonds. The van der Waals surface area contributed by atoms with E-state index in [9.17, 15) is 24.3 Å². The van der Waals surface area contributed by atoms with Gasteiger partial charge in [-0.15, -0.1) is 0 Å². The first kappa shape index (κ1) is 42.1. The first-order valence-corrected chi connectivity index (χ1v) is 14.7. The second-order valence-corrected chi connectivity index (χ2v) is 10.3. The van der Waals surface area contributed by atoms with Gasteiger partial charge in [-0.3, -0.25) is 19.2 Å². The van der Waals surface area contributed by atoms with Crippen LogP contribution in [0.2, 0.25) is 0 Å². The fraction of sp³-hybridized carbons (Fsp3) is 0.290. The predicted octanol–water partition coefficient (Wildman–Crippen LogP) is 2.05. The normalized spacial score (nSPS) is 10.1. The molecule has 2 atom stereocenters. The molecule has 0 aliphatic carbocycles. The highest BCUT2D eigenvalue weighted by atomic mass is 32.1. The van der Waals surface area contributed by atoms with Gasteiger partial charge in [0.15, 0.2) is 0 Å². The topological polar surface area (TPSA) is 181 Å². The number of aryl methyl sites for hydroxylation is 1. The SMILES string of the molecule is CC(Cc1ccc(B(O)O)cc1)NC(=O)CNC(=O)CCc1cccc(O)c1.COC(C)=O.O=COCc1ccccc1.POS. The van der Waals surface area contributed by atoms with E-state index >= 15 is 0 Å². The molecule has 0 fully saturated rings. The van der Waals surface area contributed by atoms with E-state index in [1.54, 1.807) is 42.5 Å². The number of phenols is 1. The van der Waals surface area contributed by atoms with Crippen LogP contribution in [-0.2, 0) is 52.1 Å². The van der Waals surface area contributed by atoms with Gasteiger partial charge < -0.3 is 39.2 Å². The smallest absolute Gasteiger partial charge is 0.488 e. The third kappa shape index (κ3) is 22.6. The molecule has 3 aromatic carbocycles. The maximum absolute atomic E-state index is 12.0. The Morgan fingerprint density at radius 1 is 0.957 bits per heavy atom. The molecule has 0 saturated heterocycles. The lowest BCUT2D eigenvalue weighted by atomic mass is 9.80. The molecule has 0 heterocycles. The Bertz CT molecular complexity index is 1290. The molecule has 5 N–H and O–H groups in total. The summed E-state index contributed by atoms with van der Waals surface area (Å²) in [4.78, 5) is 43.2. The number of benzene rings is 3. The van der Waals surface area contributed by atoms with Crippen molar-refractivity contribution in [3.05, 3.63) is 95.6 Å². The van der Waals surface area contributed by atoms with E-state index in [0.717, 1.165) is 16.7 Å². The van der Waals surface area contributed by atoms with Crippen LogP contribution in [0, 0.1) is 0 Å². The van der Waals surface area contributed by atoms with Crippen LogP contribution in [0.5, 0.6) is 5.75 Å². The van der Waals surface area contributed by atoms with Crippen molar-refractivity contribution in [1.29, 1.82) is 0 Å². The second-order valence-electron chi connectivity index (χ2n) is 9.43. The van der Waals surface area contributed by atoms with Crippen molar-refractivity contribution in [3.63, 3.8) is 0 Å². The van der Waals surface area contributed by atoms with Crippen molar-refractivity contribution in [3.8, 4) is 5.75 Å². The molecule has 0 spiro atoms. The quantitative estimate of drug-likeness (QED) is 0.0415. The molecule has 0 aromatic heterocycles. The number of aromatic hydroxyl groups is 1. The van der Waals surface area contributed by atoms with Crippen molar-refractivity contribution < 1.29 is 47.8 Å². The van der Waals surface area contributed by atoms with Gasteiger partial charge in [0.2, 0.25) is 11.8 Å². The van der Waals surface area contributed by atoms with E-state index in [4.69, 9.17) is 10.0 Å². The molecule has 0 saturated carbocycles. The number of carbonyl (C=O) groups is 4. The first-order valence-electron chi connectivity index (χ1n) is 13.9. The summed E-state index contributed by atoms with van der Waals surface area (Å²) in [6.07, 6.45) is 1.30. The molecule has 0 bridgehead atoms. The average Bonchev–Trinajstić information content (AvgIpc) is 3.03. The van der Waals surface area contributed by atoms with E-state index in [1.807, 2.05) is 52.8 Å². The van der Waals surface area contributed by atoms with Gasteiger partial charge in [-0.2, -0.15) is 0 Å². The highest BCUT2D eigenvalue weighted by Crippen LogP contribution is 2.12. The maximum atomic E-state index is 12.0. The van der Waals surface area contributed by atoms with Crippen molar-refractivity contribution in [2.75, 3.05) is 13.7 Å². The molecule has 0 aliphatic heterocycles. The van der Waals surface area contributed by atoms with E-state index in [1.165, 1.54) is 14.0 Å². The molecular weight excluding hydrogens is 634 g/mol. The van der Waals surface area contributed by atoms with Crippen LogP contribution in [-0.4, -0.2) is 66.2 Å². The van der Waals surface area contributed by atoms with Crippen molar-refractivity contribution in [2.24, 2.45) is 0 Å². The summed E-state index contributed by atoms with van der Waals surface area (Å²) in [5, 5.41) is 33.0. The molecule has 3 rings (SSSR count). The van der Waals surface area contributed by atoms with E-state index in [-0.39, 0.29) is 42.5 Å². The number of hydrogen-bond donors (Lipinski definition) is 6. The zero-order valence-corrected chi connectivity index (χ0v) is 28.0. The third-order valence-corrected chi connectivity index (χ3v) is 5.67. The Hall–Kier alpha value is -3.94. The van der Waals surface area contributed by atoms with Crippen molar-refractivity contribution in [2.45, 2.75) is 45.8 Å². The Morgan fingerprint density at radius 2 is 1.54 bits per heavy atom. The van der Waals surface area contributed by atoms with E-state index < -0.39 is 7.12 Å². The number of hydrogen-bond acceptors (Lipinski definition) is 11. The van der Waals surface area contributed by atoms with Gasteiger partial charge >= 0.3 is 13.1 Å². The summed E-state index contributed by atoms with van der Waals surface area (Å²) < 4.78 is 12.5. The summed E-state index contributed by atoms with van der Waals surface area (Å²) in [6.45, 7) is 3.94. The van der Waals surface area contributed by atoms with Crippen LogP contribution in [0.3, 0.4) is 0 Å². The summed E-state index contributed by atoms with van der Waals surface area (Å²) in [5.74, 6) is -0.594. The lowest BCUT2D eigenvalue weighted by Crippen LogP contribution is -2.41. The van der Waals surface area contributed by atoms with Gasteiger partial charge in [-0.1, -0.05) is 66.7 Å². The Kier molecular flexibility index (Phi) is 24.0. The first-order chi connectivity index (χ1) is 21.9. The molecule has 15 heteroatoms. The monoisotopic (exact) mass is 676 g/mol. The molecule has 0 radical (unpaired) electrons. The molecule has 250 valence electrons. The van der Waals surface area contributed by atoms with Crippen LogP contribution in [0.15, 0.2) is 78.9 Å². The van der Waals surface area contributed by atoms with Gasteiger partial charge in [0.1, 0.15) is 12.4 Å². The van der Waals surface area contributed by atoms with Gasteiger partial charge in [-0.05, 0) is 67.0 Å². The number of ether oxygens (including phenoxy) is 2. The van der Waals surface area contributed by atoms with Crippen molar-refractivity contribution in [1.82, 2.24) is 10.6 Å². The number of esters is 1. The van der Waals surface area contributed by atoms with Crippen LogP contribution in [0.1, 0.15) is 37.0 Å². The fourth-order valence-electron chi connectivity index (χ4n) is 3.50. The molecule has 46 heavy (non-hydrogen) atoms. The Balaban J connectivity index is 0.000000915. The van der Waals surface area contributed by atoms with E-state index in [2.05, 4.69) is 37.0 Å². The number of thiol groups is 1. The number of nitrogens with one attached hydrogen (secondary N) is 2. The van der Waals surface area contributed by atoms with Crippen LogP contribution < -0.4 is 16.1 Å². The average molecular weight is 677 g/mol. The summed E-state index contributed by atoms with van der Waals surface area (Å²) in [5.41, 5.74) is 3.23. The highest BCUT2D eigenvalue weighted by molar-refractivity contribution is 7.77. The number of rotatable bonds is 12.